The van der Waals surface area contributed by atoms with E-state index in [1.54, 1.807) is 0 Å². The van der Waals surface area contributed by atoms with Crippen LogP contribution < -0.4 is 5.73 Å². The predicted molar refractivity (Wildman–Crippen MR) is 76.0 cm³/mol. The van der Waals surface area contributed by atoms with Crippen LogP contribution >= 0.6 is 23.2 Å². The van der Waals surface area contributed by atoms with Crippen molar-refractivity contribution in [2.75, 3.05) is 5.75 Å². The molecule has 1 aromatic carbocycles. The smallest absolute Gasteiger partial charge is 0.178 e. The van der Waals surface area contributed by atoms with Gasteiger partial charge >= 0.3 is 0 Å². The lowest BCUT2D eigenvalue weighted by Gasteiger charge is -2.07. The zero-order valence-corrected chi connectivity index (χ0v) is 12.5. The molecule has 0 saturated carbocycles. The average Bonchev–Trinajstić information content (AvgIpc) is 2.28. The Morgan fingerprint density at radius 2 is 1.89 bits per heavy atom. The van der Waals surface area contributed by atoms with Crippen molar-refractivity contribution in [1.29, 1.82) is 0 Å². The summed E-state index contributed by atoms with van der Waals surface area (Å²) in [6.45, 7) is 1.91. The number of hydrogen-bond acceptors (Lipinski definition) is 3. The highest BCUT2D eigenvalue weighted by Gasteiger charge is 2.15. The van der Waals surface area contributed by atoms with E-state index in [0.29, 0.717) is 11.4 Å². The van der Waals surface area contributed by atoms with Crippen molar-refractivity contribution in [3.8, 4) is 0 Å². The van der Waals surface area contributed by atoms with Gasteiger partial charge in [-0.3, -0.25) is 0 Å². The maximum atomic E-state index is 12.0. The normalized spacial score (nSPS) is 13.6. The van der Waals surface area contributed by atoms with Crippen molar-refractivity contribution >= 4 is 33.0 Å². The predicted octanol–water partition coefficient (Wildman–Crippen LogP) is 3.28. The van der Waals surface area contributed by atoms with Crippen molar-refractivity contribution in [2.45, 2.75) is 37.1 Å². The molecule has 0 aliphatic rings. The van der Waals surface area contributed by atoms with E-state index in [-0.39, 0.29) is 21.7 Å². The van der Waals surface area contributed by atoms with E-state index >= 15 is 0 Å². The molecule has 0 aliphatic carbocycles. The van der Waals surface area contributed by atoms with Crippen LogP contribution in [0, 0.1) is 0 Å². The van der Waals surface area contributed by atoms with Crippen LogP contribution in [0.15, 0.2) is 23.1 Å². The SMILES string of the molecule is CC(N)CCCCS(=O)(=O)c1ccc(Cl)c(Cl)c1. The van der Waals surface area contributed by atoms with Gasteiger partial charge in [-0.2, -0.15) is 0 Å². The second-order valence-electron chi connectivity index (χ2n) is 4.37. The van der Waals surface area contributed by atoms with Crippen LogP contribution in [-0.4, -0.2) is 20.2 Å². The second-order valence-corrected chi connectivity index (χ2v) is 7.29. The Bertz CT molecular complexity index is 501. The molecule has 18 heavy (non-hydrogen) atoms. The number of rotatable bonds is 6. The Labute approximate surface area is 118 Å². The minimum Gasteiger partial charge on any atom is -0.328 e. The van der Waals surface area contributed by atoms with Gasteiger partial charge in [0.1, 0.15) is 0 Å². The standard InChI is InChI=1S/C12H17Cl2NO2S/c1-9(15)4-2-3-7-18(16,17)10-5-6-11(13)12(14)8-10/h5-6,8-9H,2-4,7,15H2,1H3. The number of halogens is 2. The molecule has 3 nitrogen and oxygen atoms in total. The highest BCUT2D eigenvalue weighted by atomic mass is 35.5. The van der Waals surface area contributed by atoms with Gasteiger partial charge in [0.25, 0.3) is 0 Å². The largest absolute Gasteiger partial charge is 0.328 e. The van der Waals surface area contributed by atoms with E-state index < -0.39 is 9.84 Å². The molecule has 1 rings (SSSR count). The fourth-order valence-corrected chi connectivity index (χ4v) is 3.30. The lowest BCUT2D eigenvalue weighted by atomic mass is 10.2. The highest BCUT2D eigenvalue weighted by molar-refractivity contribution is 7.91. The second kappa shape index (κ2) is 6.75. The highest BCUT2D eigenvalue weighted by Crippen LogP contribution is 2.25. The monoisotopic (exact) mass is 309 g/mol. The summed E-state index contributed by atoms with van der Waals surface area (Å²) in [6, 6.07) is 4.48. The molecule has 1 atom stereocenters. The van der Waals surface area contributed by atoms with Crippen LogP contribution in [0.2, 0.25) is 10.0 Å². The summed E-state index contributed by atoms with van der Waals surface area (Å²) in [6.07, 6.45) is 2.24. The molecular formula is C12H17Cl2NO2S. The minimum absolute atomic E-state index is 0.109. The summed E-state index contributed by atoms with van der Waals surface area (Å²) in [5.41, 5.74) is 5.61. The number of nitrogens with two attached hydrogens (primary N) is 1. The lowest BCUT2D eigenvalue weighted by Crippen LogP contribution is -2.15. The molecular weight excluding hydrogens is 293 g/mol. The van der Waals surface area contributed by atoms with Gasteiger partial charge in [-0.05, 0) is 38.0 Å². The zero-order valence-electron chi connectivity index (χ0n) is 10.2. The summed E-state index contributed by atoms with van der Waals surface area (Å²) < 4.78 is 24.0. The van der Waals surface area contributed by atoms with Crippen molar-refractivity contribution in [2.24, 2.45) is 5.73 Å². The third-order valence-electron chi connectivity index (χ3n) is 2.57. The van der Waals surface area contributed by atoms with Gasteiger partial charge in [0, 0.05) is 6.04 Å². The van der Waals surface area contributed by atoms with Crippen molar-refractivity contribution in [3.05, 3.63) is 28.2 Å². The van der Waals surface area contributed by atoms with Gasteiger partial charge in [-0.1, -0.05) is 29.6 Å². The number of unbranched alkanes of at least 4 members (excludes halogenated alkanes) is 1. The van der Waals surface area contributed by atoms with E-state index in [2.05, 4.69) is 0 Å². The Balaban J connectivity index is 2.66. The van der Waals surface area contributed by atoms with Crippen molar-refractivity contribution < 1.29 is 8.42 Å². The van der Waals surface area contributed by atoms with E-state index in [1.807, 2.05) is 6.92 Å². The topological polar surface area (TPSA) is 60.2 Å². The minimum atomic E-state index is -3.28. The Kier molecular flexibility index (Phi) is 5.92. The third-order valence-corrected chi connectivity index (χ3v) is 5.11. The van der Waals surface area contributed by atoms with E-state index in [9.17, 15) is 8.42 Å². The fourth-order valence-electron chi connectivity index (χ4n) is 1.55. The molecule has 0 heterocycles. The van der Waals surface area contributed by atoms with Crippen LogP contribution in [0.5, 0.6) is 0 Å². The first-order valence-electron chi connectivity index (χ1n) is 5.76. The first-order chi connectivity index (χ1) is 8.33. The number of hydrogen-bond donors (Lipinski definition) is 1. The lowest BCUT2D eigenvalue weighted by molar-refractivity contribution is 0.580. The van der Waals surface area contributed by atoms with Crippen LogP contribution in [-0.2, 0) is 9.84 Å². The molecule has 0 bridgehead atoms. The van der Waals surface area contributed by atoms with Gasteiger partial charge in [0.2, 0.25) is 0 Å². The van der Waals surface area contributed by atoms with Crippen LogP contribution in [0.3, 0.4) is 0 Å². The molecule has 0 spiro atoms. The molecule has 102 valence electrons. The van der Waals surface area contributed by atoms with Crippen molar-refractivity contribution in [3.63, 3.8) is 0 Å². The summed E-state index contributed by atoms with van der Waals surface area (Å²) >= 11 is 11.6. The molecule has 1 unspecified atom stereocenters. The molecule has 2 N–H and O–H groups in total. The molecule has 1 aromatic rings. The molecule has 0 aliphatic heterocycles. The van der Waals surface area contributed by atoms with Crippen molar-refractivity contribution in [1.82, 2.24) is 0 Å². The maximum Gasteiger partial charge on any atom is 0.178 e. The molecule has 6 heteroatoms. The maximum absolute atomic E-state index is 12.0. The molecule has 0 amide bonds. The average molecular weight is 310 g/mol. The molecule has 0 radical (unpaired) electrons. The fraction of sp³-hybridized carbons (Fsp3) is 0.500. The van der Waals surface area contributed by atoms with Gasteiger partial charge in [-0.15, -0.1) is 0 Å². The van der Waals surface area contributed by atoms with Gasteiger partial charge in [0.15, 0.2) is 9.84 Å². The van der Waals surface area contributed by atoms with Gasteiger partial charge in [0.05, 0.1) is 20.7 Å². The summed E-state index contributed by atoms with van der Waals surface area (Å²) in [7, 11) is -3.28. The first-order valence-corrected chi connectivity index (χ1v) is 8.17. The third kappa shape index (κ3) is 4.76. The number of benzene rings is 1. The Morgan fingerprint density at radius 3 is 2.44 bits per heavy atom. The van der Waals surface area contributed by atoms with Crippen LogP contribution in [0.4, 0.5) is 0 Å². The summed E-state index contributed by atoms with van der Waals surface area (Å²) in [5.74, 6) is 0.109. The Hall–Kier alpha value is -0.290. The van der Waals surface area contributed by atoms with E-state index in [0.717, 1.165) is 12.8 Å². The summed E-state index contributed by atoms with van der Waals surface area (Å²) in [5, 5.41) is 0.612. The van der Waals surface area contributed by atoms with E-state index in [1.165, 1.54) is 18.2 Å². The summed E-state index contributed by atoms with van der Waals surface area (Å²) in [4.78, 5) is 0.220. The van der Waals surface area contributed by atoms with Crippen LogP contribution in [0.25, 0.3) is 0 Å². The zero-order chi connectivity index (χ0) is 13.8. The van der Waals surface area contributed by atoms with Gasteiger partial charge in [-0.25, -0.2) is 8.42 Å². The Morgan fingerprint density at radius 1 is 1.22 bits per heavy atom. The molecule has 0 fully saturated rings. The first kappa shape index (κ1) is 15.8. The molecule has 0 aromatic heterocycles. The number of sulfone groups is 1. The van der Waals surface area contributed by atoms with Crippen LogP contribution in [0.1, 0.15) is 26.2 Å². The van der Waals surface area contributed by atoms with Gasteiger partial charge < -0.3 is 5.73 Å². The van der Waals surface area contributed by atoms with E-state index in [4.69, 9.17) is 28.9 Å². The molecule has 0 saturated heterocycles. The quantitative estimate of drug-likeness (QED) is 0.820.